The average Bonchev–Trinajstić information content (AvgIpc) is 2.61. The maximum atomic E-state index is 11.3. The highest BCUT2D eigenvalue weighted by Gasteiger charge is 2.25. The van der Waals surface area contributed by atoms with Crippen LogP contribution in [0.4, 0.5) is 0 Å². The van der Waals surface area contributed by atoms with Gasteiger partial charge in [0.2, 0.25) is 0 Å². The van der Waals surface area contributed by atoms with Gasteiger partial charge in [0, 0.05) is 19.0 Å². The summed E-state index contributed by atoms with van der Waals surface area (Å²) < 4.78 is 17.1. The number of benzene rings is 2. The van der Waals surface area contributed by atoms with Crippen molar-refractivity contribution in [3.05, 3.63) is 59.2 Å². The second kappa shape index (κ2) is 8.03. The standard InChI is InChI=1S/C20H23NO4/c1-3-23-19-12-17-16(9-10-21-20(17)25-14(2)22)11-18(19)24-13-15-7-5-4-6-8-15/h4-8,11-12,20-21H,3,9-10,13H2,1-2H3. The largest absolute Gasteiger partial charge is 0.490 e. The van der Waals surface area contributed by atoms with Crippen molar-refractivity contribution in [1.82, 2.24) is 5.32 Å². The van der Waals surface area contributed by atoms with Crippen LogP contribution < -0.4 is 14.8 Å². The van der Waals surface area contributed by atoms with Gasteiger partial charge in [-0.25, -0.2) is 0 Å². The van der Waals surface area contributed by atoms with Crippen molar-refractivity contribution in [1.29, 1.82) is 0 Å². The monoisotopic (exact) mass is 341 g/mol. The molecule has 3 rings (SSSR count). The molecule has 132 valence electrons. The Bertz CT molecular complexity index is 730. The molecule has 0 aromatic heterocycles. The van der Waals surface area contributed by atoms with E-state index in [9.17, 15) is 4.79 Å². The number of carbonyl (C=O) groups excluding carboxylic acids is 1. The number of hydrogen-bond acceptors (Lipinski definition) is 5. The van der Waals surface area contributed by atoms with Crippen LogP contribution in [0.3, 0.4) is 0 Å². The van der Waals surface area contributed by atoms with E-state index in [-0.39, 0.29) is 5.97 Å². The molecule has 1 aliphatic heterocycles. The maximum absolute atomic E-state index is 11.3. The van der Waals surface area contributed by atoms with Crippen molar-refractivity contribution in [3.8, 4) is 11.5 Å². The van der Waals surface area contributed by atoms with Gasteiger partial charge in [-0.2, -0.15) is 0 Å². The normalized spacial score (nSPS) is 16.0. The Labute approximate surface area is 147 Å². The lowest BCUT2D eigenvalue weighted by Gasteiger charge is -2.27. The first-order valence-electron chi connectivity index (χ1n) is 8.54. The second-order valence-electron chi connectivity index (χ2n) is 5.90. The summed E-state index contributed by atoms with van der Waals surface area (Å²) in [5, 5.41) is 3.21. The Hall–Kier alpha value is -2.53. The fraction of sp³-hybridized carbons (Fsp3) is 0.350. The number of nitrogens with one attached hydrogen (secondary N) is 1. The van der Waals surface area contributed by atoms with Crippen LogP contribution in [0.2, 0.25) is 0 Å². The molecule has 0 fully saturated rings. The quantitative estimate of drug-likeness (QED) is 0.817. The van der Waals surface area contributed by atoms with Crippen LogP contribution in [0.1, 0.15) is 36.8 Å². The Morgan fingerprint density at radius 3 is 2.64 bits per heavy atom. The van der Waals surface area contributed by atoms with Crippen LogP contribution in [-0.2, 0) is 22.6 Å². The lowest BCUT2D eigenvalue weighted by Crippen LogP contribution is -2.32. The highest BCUT2D eigenvalue weighted by atomic mass is 16.6. The van der Waals surface area contributed by atoms with E-state index in [2.05, 4.69) is 5.32 Å². The van der Waals surface area contributed by atoms with Gasteiger partial charge < -0.3 is 14.2 Å². The third-order valence-corrected chi connectivity index (χ3v) is 4.03. The van der Waals surface area contributed by atoms with Gasteiger partial charge in [-0.3, -0.25) is 10.1 Å². The molecule has 5 heteroatoms. The molecule has 1 atom stereocenters. The van der Waals surface area contributed by atoms with E-state index in [1.54, 1.807) is 0 Å². The number of esters is 1. The fourth-order valence-electron chi connectivity index (χ4n) is 2.91. The molecule has 0 saturated carbocycles. The molecule has 2 aromatic rings. The van der Waals surface area contributed by atoms with Gasteiger partial charge in [0.1, 0.15) is 6.61 Å². The molecular formula is C20H23NO4. The van der Waals surface area contributed by atoms with Crippen LogP contribution >= 0.6 is 0 Å². The molecule has 0 spiro atoms. The van der Waals surface area contributed by atoms with E-state index < -0.39 is 6.23 Å². The number of fused-ring (bicyclic) bond motifs is 1. The van der Waals surface area contributed by atoms with Gasteiger partial charge in [0.15, 0.2) is 17.7 Å². The van der Waals surface area contributed by atoms with E-state index in [4.69, 9.17) is 14.2 Å². The third-order valence-electron chi connectivity index (χ3n) is 4.03. The zero-order valence-electron chi connectivity index (χ0n) is 14.6. The minimum atomic E-state index is -0.441. The third kappa shape index (κ3) is 4.31. The van der Waals surface area contributed by atoms with E-state index in [0.717, 1.165) is 29.7 Å². The summed E-state index contributed by atoms with van der Waals surface area (Å²) in [5.41, 5.74) is 3.13. The molecule has 1 heterocycles. The molecule has 0 radical (unpaired) electrons. The van der Waals surface area contributed by atoms with Crippen molar-refractivity contribution in [3.63, 3.8) is 0 Å². The zero-order chi connectivity index (χ0) is 17.6. The number of hydrogen-bond donors (Lipinski definition) is 1. The molecular weight excluding hydrogens is 318 g/mol. The first-order chi connectivity index (χ1) is 12.2. The summed E-state index contributed by atoms with van der Waals surface area (Å²) in [4.78, 5) is 11.3. The summed E-state index contributed by atoms with van der Waals surface area (Å²) in [5.74, 6) is 1.07. The lowest BCUT2D eigenvalue weighted by atomic mass is 9.98. The Balaban J connectivity index is 1.86. The molecule has 2 aromatic carbocycles. The van der Waals surface area contributed by atoms with Gasteiger partial charge >= 0.3 is 5.97 Å². The zero-order valence-corrected chi connectivity index (χ0v) is 14.6. The van der Waals surface area contributed by atoms with Crippen LogP contribution in [-0.4, -0.2) is 19.1 Å². The summed E-state index contributed by atoms with van der Waals surface area (Å²) in [6.45, 7) is 5.10. The van der Waals surface area contributed by atoms with Crippen LogP contribution in [0.15, 0.2) is 42.5 Å². The minimum absolute atomic E-state index is 0.312. The van der Waals surface area contributed by atoms with E-state index in [0.29, 0.717) is 24.7 Å². The van der Waals surface area contributed by atoms with Gasteiger partial charge in [-0.15, -0.1) is 0 Å². The average molecular weight is 341 g/mol. The number of ether oxygens (including phenoxy) is 3. The summed E-state index contributed by atoms with van der Waals surface area (Å²) >= 11 is 0. The topological polar surface area (TPSA) is 56.8 Å². The molecule has 0 aliphatic carbocycles. The predicted molar refractivity (Wildman–Crippen MR) is 94.6 cm³/mol. The van der Waals surface area contributed by atoms with E-state index in [1.165, 1.54) is 6.92 Å². The van der Waals surface area contributed by atoms with Crippen LogP contribution in [0, 0.1) is 0 Å². The van der Waals surface area contributed by atoms with Gasteiger partial charge in [-0.1, -0.05) is 30.3 Å². The summed E-state index contributed by atoms with van der Waals surface area (Å²) in [6, 6.07) is 13.9. The maximum Gasteiger partial charge on any atom is 0.304 e. The molecule has 0 bridgehead atoms. The van der Waals surface area contributed by atoms with E-state index >= 15 is 0 Å². The summed E-state index contributed by atoms with van der Waals surface area (Å²) in [6.07, 6.45) is 0.407. The molecule has 25 heavy (non-hydrogen) atoms. The van der Waals surface area contributed by atoms with Crippen molar-refractivity contribution < 1.29 is 19.0 Å². The molecule has 1 aliphatic rings. The minimum Gasteiger partial charge on any atom is -0.490 e. The number of rotatable bonds is 6. The van der Waals surface area contributed by atoms with Crippen molar-refractivity contribution in [2.45, 2.75) is 33.1 Å². The lowest BCUT2D eigenvalue weighted by molar-refractivity contribution is -0.148. The fourth-order valence-corrected chi connectivity index (χ4v) is 2.91. The van der Waals surface area contributed by atoms with Gasteiger partial charge in [-0.05, 0) is 36.6 Å². The van der Waals surface area contributed by atoms with Gasteiger partial charge in [0.05, 0.1) is 6.61 Å². The van der Waals surface area contributed by atoms with Crippen molar-refractivity contribution in [2.24, 2.45) is 0 Å². The Kier molecular flexibility index (Phi) is 5.56. The Morgan fingerprint density at radius 2 is 1.92 bits per heavy atom. The van der Waals surface area contributed by atoms with Crippen molar-refractivity contribution in [2.75, 3.05) is 13.2 Å². The SMILES string of the molecule is CCOc1cc2c(cc1OCc1ccccc1)CCNC2OC(C)=O. The molecule has 0 amide bonds. The molecule has 0 saturated heterocycles. The van der Waals surface area contributed by atoms with Crippen molar-refractivity contribution >= 4 is 5.97 Å². The highest BCUT2D eigenvalue weighted by molar-refractivity contribution is 5.66. The predicted octanol–water partition coefficient (Wildman–Crippen LogP) is 3.37. The summed E-state index contributed by atoms with van der Waals surface area (Å²) in [7, 11) is 0. The first-order valence-corrected chi connectivity index (χ1v) is 8.54. The number of carbonyl (C=O) groups is 1. The second-order valence-corrected chi connectivity index (χ2v) is 5.90. The molecule has 1 N–H and O–H groups in total. The van der Waals surface area contributed by atoms with Gasteiger partial charge in [0.25, 0.3) is 0 Å². The first kappa shape index (κ1) is 17.3. The van der Waals surface area contributed by atoms with E-state index in [1.807, 2.05) is 49.4 Å². The Morgan fingerprint density at radius 1 is 1.16 bits per heavy atom. The highest BCUT2D eigenvalue weighted by Crippen LogP contribution is 2.36. The van der Waals surface area contributed by atoms with Crippen LogP contribution in [0.25, 0.3) is 0 Å². The van der Waals surface area contributed by atoms with Crippen LogP contribution in [0.5, 0.6) is 11.5 Å². The smallest absolute Gasteiger partial charge is 0.304 e. The molecule has 5 nitrogen and oxygen atoms in total. The molecule has 1 unspecified atom stereocenters.